The Balaban J connectivity index is 1.69. The lowest BCUT2D eigenvalue weighted by Crippen LogP contribution is -2.46. The Bertz CT molecular complexity index is 1150. The molecule has 0 saturated carbocycles. The van der Waals surface area contributed by atoms with Crippen LogP contribution < -0.4 is 10.6 Å². The summed E-state index contributed by atoms with van der Waals surface area (Å²) in [6, 6.07) is 10.7. The van der Waals surface area contributed by atoms with E-state index in [4.69, 9.17) is 4.74 Å². The highest BCUT2D eigenvalue weighted by molar-refractivity contribution is 7.16. The van der Waals surface area contributed by atoms with Gasteiger partial charge in [-0.05, 0) is 56.5 Å². The summed E-state index contributed by atoms with van der Waals surface area (Å²) in [5, 5.41) is 8.39. The van der Waals surface area contributed by atoms with E-state index in [0.29, 0.717) is 21.0 Å². The van der Waals surface area contributed by atoms with Gasteiger partial charge in [0, 0.05) is 10.4 Å². The summed E-state index contributed by atoms with van der Waals surface area (Å²) in [4.78, 5) is 40.7. The van der Waals surface area contributed by atoms with Crippen molar-refractivity contribution in [3.05, 3.63) is 73.8 Å². The first-order valence-corrected chi connectivity index (χ1v) is 12.7. The predicted octanol–water partition coefficient (Wildman–Crippen LogP) is 5.22. The molecule has 33 heavy (non-hydrogen) atoms. The van der Waals surface area contributed by atoms with Gasteiger partial charge in [0.05, 0.1) is 17.0 Å². The van der Waals surface area contributed by atoms with Crippen molar-refractivity contribution < 1.29 is 19.1 Å². The Kier molecular flexibility index (Phi) is 7.25. The van der Waals surface area contributed by atoms with Crippen LogP contribution in [0.2, 0.25) is 0 Å². The molecule has 2 aromatic heterocycles. The lowest BCUT2D eigenvalue weighted by Gasteiger charge is -2.20. The molecule has 8 heteroatoms. The van der Waals surface area contributed by atoms with Gasteiger partial charge in [0.25, 0.3) is 5.91 Å². The molecular weight excluding hydrogens is 456 g/mol. The fourth-order valence-corrected chi connectivity index (χ4v) is 5.81. The summed E-state index contributed by atoms with van der Waals surface area (Å²) in [5.41, 5.74) is 3.00. The molecule has 1 atom stereocenters. The number of benzene rings is 1. The van der Waals surface area contributed by atoms with Crippen molar-refractivity contribution in [1.82, 2.24) is 5.32 Å². The minimum Gasteiger partial charge on any atom is -0.462 e. The molecule has 6 nitrogen and oxygen atoms in total. The molecule has 2 heterocycles. The topological polar surface area (TPSA) is 84.5 Å². The number of aryl methyl sites for hydroxylation is 2. The number of ketones is 1. The quantitative estimate of drug-likeness (QED) is 0.261. The Morgan fingerprint density at radius 2 is 1.85 bits per heavy atom. The van der Waals surface area contributed by atoms with Crippen LogP contribution in [0.1, 0.15) is 66.2 Å². The SMILES string of the molecule is CCOC(=O)c1c(N[C@@H](NC(=O)c2cccs2)C(=O)c2ccc(C)cc2)sc2c1CCCC2. The molecule has 0 aliphatic heterocycles. The summed E-state index contributed by atoms with van der Waals surface area (Å²) in [7, 11) is 0. The van der Waals surface area contributed by atoms with E-state index in [-0.39, 0.29) is 18.3 Å². The van der Waals surface area contributed by atoms with Crippen LogP contribution in [0, 0.1) is 6.92 Å². The fourth-order valence-electron chi connectivity index (χ4n) is 3.88. The number of Topliss-reactive ketones (excluding diaryl/α,β-unsaturated/α-hetero) is 1. The van der Waals surface area contributed by atoms with Gasteiger partial charge in [-0.2, -0.15) is 0 Å². The van der Waals surface area contributed by atoms with Crippen LogP contribution in [-0.4, -0.2) is 30.4 Å². The highest BCUT2D eigenvalue weighted by Gasteiger charge is 2.30. The zero-order valence-corrected chi connectivity index (χ0v) is 20.2. The monoisotopic (exact) mass is 482 g/mol. The van der Waals surface area contributed by atoms with E-state index < -0.39 is 12.1 Å². The van der Waals surface area contributed by atoms with Crippen LogP contribution in [0.15, 0.2) is 41.8 Å². The third-order valence-corrected chi connectivity index (χ3v) is 7.64. The van der Waals surface area contributed by atoms with E-state index in [0.717, 1.165) is 41.7 Å². The number of hydrogen-bond acceptors (Lipinski definition) is 7. The number of carbonyl (C=O) groups excluding carboxylic acids is 3. The van der Waals surface area contributed by atoms with Crippen molar-refractivity contribution >= 4 is 45.3 Å². The normalized spacial score (nSPS) is 13.6. The van der Waals surface area contributed by atoms with Gasteiger partial charge in [-0.3, -0.25) is 9.59 Å². The van der Waals surface area contributed by atoms with Gasteiger partial charge in [0.1, 0.15) is 5.00 Å². The summed E-state index contributed by atoms with van der Waals surface area (Å²) in [6.45, 7) is 3.99. The van der Waals surface area contributed by atoms with E-state index in [1.54, 1.807) is 31.2 Å². The van der Waals surface area contributed by atoms with Gasteiger partial charge in [-0.15, -0.1) is 22.7 Å². The third kappa shape index (κ3) is 5.17. The number of hydrogen-bond donors (Lipinski definition) is 2. The standard InChI is InChI=1S/C25H26N2O4S2/c1-3-31-25(30)20-17-7-4-5-8-18(17)33-24(20)27-22(26-23(29)19-9-6-14-32-19)21(28)16-12-10-15(2)11-13-16/h6,9-14,22,27H,3-5,7-8H2,1-2H3,(H,26,29)/t22-/m1/s1. The lowest BCUT2D eigenvalue weighted by atomic mass is 9.95. The molecule has 0 bridgehead atoms. The largest absolute Gasteiger partial charge is 0.462 e. The second-order valence-electron chi connectivity index (χ2n) is 7.89. The molecule has 1 amide bonds. The maximum absolute atomic E-state index is 13.4. The summed E-state index contributed by atoms with van der Waals surface area (Å²) in [6.07, 6.45) is 2.74. The third-order valence-electron chi connectivity index (χ3n) is 5.54. The molecule has 1 aromatic carbocycles. The van der Waals surface area contributed by atoms with Crippen LogP contribution in [0.25, 0.3) is 0 Å². The van der Waals surface area contributed by atoms with Gasteiger partial charge in [-0.25, -0.2) is 4.79 Å². The Morgan fingerprint density at radius 1 is 1.09 bits per heavy atom. The minimum absolute atomic E-state index is 0.268. The van der Waals surface area contributed by atoms with Crippen molar-refractivity contribution in [2.75, 3.05) is 11.9 Å². The number of ether oxygens (including phenoxy) is 1. The first kappa shape index (κ1) is 23.2. The number of esters is 1. The number of thiophene rings is 2. The summed E-state index contributed by atoms with van der Waals surface area (Å²) >= 11 is 2.77. The maximum Gasteiger partial charge on any atom is 0.341 e. The molecule has 172 valence electrons. The first-order valence-electron chi connectivity index (χ1n) is 11.0. The minimum atomic E-state index is -1.03. The van der Waals surface area contributed by atoms with Crippen molar-refractivity contribution in [3.8, 4) is 0 Å². The van der Waals surface area contributed by atoms with Gasteiger partial charge in [-0.1, -0.05) is 35.9 Å². The Morgan fingerprint density at radius 3 is 2.55 bits per heavy atom. The molecule has 0 unspecified atom stereocenters. The number of amides is 1. The molecule has 0 fully saturated rings. The summed E-state index contributed by atoms with van der Waals surface area (Å²) in [5.74, 6) is -1.02. The highest BCUT2D eigenvalue weighted by Crippen LogP contribution is 2.39. The molecular formula is C25H26N2O4S2. The average Bonchev–Trinajstić information content (AvgIpc) is 3.47. The van der Waals surface area contributed by atoms with Gasteiger partial charge in [0.15, 0.2) is 6.17 Å². The van der Waals surface area contributed by atoms with E-state index in [9.17, 15) is 14.4 Å². The smallest absolute Gasteiger partial charge is 0.341 e. The fraction of sp³-hybridized carbons (Fsp3) is 0.320. The molecule has 4 rings (SSSR count). The number of rotatable bonds is 8. The number of carbonyl (C=O) groups is 3. The zero-order chi connectivity index (χ0) is 23.4. The molecule has 2 N–H and O–H groups in total. The second kappa shape index (κ2) is 10.3. The maximum atomic E-state index is 13.4. The molecule has 0 saturated heterocycles. The lowest BCUT2D eigenvalue weighted by molar-refractivity contribution is 0.0526. The number of nitrogens with one attached hydrogen (secondary N) is 2. The number of fused-ring (bicyclic) bond motifs is 1. The van der Waals surface area contributed by atoms with Crippen molar-refractivity contribution in [1.29, 1.82) is 0 Å². The molecule has 0 radical (unpaired) electrons. The Hall–Kier alpha value is -2.97. The second-order valence-corrected chi connectivity index (χ2v) is 9.95. The van der Waals surface area contributed by atoms with E-state index in [1.807, 2.05) is 24.4 Å². The van der Waals surface area contributed by atoms with Crippen molar-refractivity contribution in [2.45, 2.75) is 45.7 Å². The molecule has 0 spiro atoms. The van der Waals surface area contributed by atoms with Crippen molar-refractivity contribution in [3.63, 3.8) is 0 Å². The zero-order valence-electron chi connectivity index (χ0n) is 18.6. The van der Waals surface area contributed by atoms with Crippen LogP contribution in [0.5, 0.6) is 0 Å². The van der Waals surface area contributed by atoms with Gasteiger partial charge >= 0.3 is 5.97 Å². The molecule has 3 aromatic rings. The van der Waals surface area contributed by atoms with Crippen LogP contribution in [-0.2, 0) is 17.6 Å². The predicted molar refractivity (Wildman–Crippen MR) is 132 cm³/mol. The summed E-state index contributed by atoms with van der Waals surface area (Å²) < 4.78 is 5.33. The van der Waals surface area contributed by atoms with E-state index >= 15 is 0 Å². The van der Waals surface area contributed by atoms with Crippen LogP contribution >= 0.6 is 22.7 Å². The van der Waals surface area contributed by atoms with Crippen molar-refractivity contribution in [2.24, 2.45) is 0 Å². The number of anilines is 1. The molecule has 1 aliphatic carbocycles. The van der Waals surface area contributed by atoms with Gasteiger partial charge < -0.3 is 15.4 Å². The molecule has 1 aliphatic rings. The average molecular weight is 483 g/mol. The Labute approximate surface area is 201 Å². The van der Waals surface area contributed by atoms with E-state index in [1.165, 1.54) is 22.7 Å². The van der Waals surface area contributed by atoms with Gasteiger partial charge in [0.2, 0.25) is 5.78 Å². The highest BCUT2D eigenvalue weighted by atomic mass is 32.1. The van der Waals surface area contributed by atoms with Crippen LogP contribution in [0.3, 0.4) is 0 Å². The van der Waals surface area contributed by atoms with E-state index in [2.05, 4.69) is 10.6 Å². The van der Waals surface area contributed by atoms with Crippen LogP contribution in [0.4, 0.5) is 5.00 Å². The first-order chi connectivity index (χ1) is 16.0.